The normalized spacial score (nSPS) is 20.2. The summed E-state index contributed by atoms with van der Waals surface area (Å²) in [5, 5.41) is 5.03. The lowest BCUT2D eigenvalue weighted by molar-refractivity contribution is -0.139. The maximum Gasteiger partial charge on any atom is 0.237 e. The van der Waals surface area contributed by atoms with Crippen molar-refractivity contribution in [2.75, 3.05) is 26.2 Å². The summed E-state index contributed by atoms with van der Waals surface area (Å²) in [6, 6.07) is 12.0. The smallest absolute Gasteiger partial charge is 0.237 e. The Morgan fingerprint density at radius 3 is 2.89 bits per heavy atom. The topological polar surface area (TPSA) is 52.7 Å². The molecule has 0 aliphatic carbocycles. The van der Waals surface area contributed by atoms with Crippen LogP contribution in [-0.2, 0) is 29.0 Å². The van der Waals surface area contributed by atoms with Crippen LogP contribution in [0.25, 0.3) is 0 Å². The van der Waals surface area contributed by atoms with Crippen molar-refractivity contribution in [2.24, 2.45) is 0 Å². The van der Waals surface area contributed by atoms with Gasteiger partial charge in [0, 0.05) is 37.6 Å². The Balaban J connectivity index is 1.38. The summed E-state index contributed by atoms with van der Waals surface area (Å²) in [6.45, 7) is 3.68. The molecule has 4 rings (SSSR count). The van der Waals surface area contributed by atoms with Crippen LogP contribution in [0.3, 0.4) is 0 Å². The van der Waals surface area contributed by atoms with Crippen LogP contribution >= 0.6 is 11.3 Å². The molecule has 3 heterocycles. The largest absolute Gasteiger partial charge is 0.353 e. The van der Waals surface area contributed by atoms with E-state index in [1.807, 2.05) is 23.1 Å². The molecule has 1 unspecified atom stereocenters. The van der Waals surface area contributed by atoms with Crippen LogP contribution in [0, 0.1) is 0 Å². The summed E-state index contributed by atoms with van der Waals surface area (Å²) in [4.78, 5) is 30.8. The second-order valence-electron chi connectivity index (χ2n) is 7.22. The van der Waals surface area contributed by atoms with E-state index < -0.39 is 0 Å². The highest BCUT2D eigenvalue weighted by molar-refractivity contribution is 7.10. The molecule has 1 N–H and O–H groups in total. The van der Waals surface area contributed by atoms with Gasteiger partial charge in [-0.15, -0.1) is 11.3 Å². The average molecular weight is 384 g/mol. The van der Waals surface area contributed by atoms with E-state index in [1.54, 1.807) is 11.3 Å². The second kappa shape index (κ2) is 8.23. The SMILES string of the molecule is O=C1NCCN(CCc2ccccc2)C1CC(=O)N1CCc2sccc2C1. The Kier molecular flexibility index (Phi) is 5.55. The predicted octanol–water partition coefficient (Wildman–Crippen LogP) is 2.07. The van der Waals surface area contributed by atoms with E-state index >= 15 is 0 Å². The molecule has 1 saturated heterocycles. The number of hydrogen-bond acceptors (Lipinski definition) is 4. The van der Waals surface area contributed by atoms with Crippen molar-refractivity contribution in [3.8, 4) is 0 Å². The van der Waals surface area contributed by atoms with Crippen molar-refractivity contribution in [1.82, 2.24) is 15.1 Å². The zero-order chi connectivity index (χ0) is 18.6. The van der Waals surface area contributed by atoms with Crippen LogP contribution in [0.2, 0.25) is 0 Å². The van der Waals surface area contributed by atoms with Crippen molar-refractivity contribution in [3.05, 3.63) is 57.8 Å². The third-order valence-electron chi connectivity index (χ3n) is 5.50. The molecule has 2 aliphatic heterocycles. The number of carbonyl (C=O) groups excluding carboxylic acids is 2. The summed E-state index contributed by atoms with van der Waals surface area (Å²) < 4.78 is 0. The zero-order valence-corrected chi connectivity index (χ0v) is 16.2. The molecule has 1 aromatic heterocycles. The number of fused-ring (bicyclic) bond motifs is 1. The van der Waals surface area contributed by atoms with Crippen LogP contribution in [0.5, 0.6) is 0 Å². The van der Waals surface area contributed by atoms with Gasteiger partial charge < -0.3 is 10.2 Å². The maximum absolute atomic E-state index is 12.9. The highest BCUT2D eigenvalue weighted by Gasteiger charge is 2.33. The highest BCUT2D eigenvalue weighted by Crippen LogP contribution is 2.25. The number of nitrogens with one attached hydrogen (secondary N) is 1. The van der Waals surface area contributed by atoms with E-state index in [1.165, 1.54) is 16.0 Å². The molecule has 5 nitrogen and oxygen atoms in total. The first-order valence-corrected chi connectivity index (χ1v) is 10.5. The molecule has 1 aromatic carbocycles. The summed E-state index contributed by atoms with van der Waals surface area (Å²) >= 11 is 1.77. The van der Waals surface area contributed by atoms with Gasteiger partial charge in [0.25, 0.3) is 0 Å². The third-order valence-corrected chi connectivity index (χ3v) is 6.52. The van der Waals surface area contributed by atoms with Gasteiger partial charge in [0.2, 0.25) is 11.8 Å². The standard InChI is InChI=1S/C21H25N3O2S/c25-20(24-11-7-19-17(15-24)8-13-27-19)14-18-21(26)22-9-12-23(18)10-6-16-4-2-1-3-5-16/h1-5,8,13,18H,6-7,9-12,14-15H2,(H,22,26). The van der Waals surface area contributed by atoms with Crippen LogP contribution in [-0.4, -0.2) is 53.8 Å². The summed E-state index contributed by atoms with van der Waals surface area (Å²) in [5.41, 5.74) is 2.52. The minimum absolute atomic E-state index is 0.0177. The molecule has 142 valence electrons. The molecular weight excluding hydrogens is 358 g/mol. The molecule has 0 saturated carbocycles. The lowest BCUT2D eigenvalue weighted by Crippen LogP contribution is -2.57. The van der Waals surface area contributed by atoms with E-state index in [2.05, 4.69) is 33.8 Å². The third kappa shape index (κ3) is 4.22. The molecule has 0 bridgehead atoms. The summed E-state index contributed by atoms with van der Waals surface area (Å²) in [6.07, 6.45) is 2.08. The fraction of sp³-hybridized carbons (Fsp3) is 0.429. The van der Waals surface area contributed by atoms with Crippen molar-refractivity contribution >= 4 is 23.2 Å². The van der Waals surface area contributed by atoms with E-state index in [9.17, 15) is 9.59 Å². The van der Waals surface area contributed by atoms with Crippen molar-refractivity contribution in [3.63, 3.8) is 0 Å². The number of benzene rings is 1. The van der Waals surface area contributed by atoms with E-state index in [0.717, 1.165) is 32.5 Å². The van der Waals surface area contributed by atoms with E-state index in [-0.39, 0.29) is 24.3 Å². The fourth-order valence-electron chi connectivity index (χ4n) is 3.92. The molecule has 2 aromatic rings. The van der Waals surface area contributed by atoms with Gasteiger partial charge in [-0.2, -0.15) is 0 Å². The van der Waals surface area contributed by atoms with Crippen LogP contribution in [0.1, 0.15) is 22.4 Å². The predicted molar refractivity (Wildman–Crippen MR) is 107 cm³/mol. The molecule has 0 spiro atoms. The molecule has 1 fully saturated rings. The molecule has 2 amide bonds. The van der Waals surface area contributed by atoms with E-state index in [0.29, 0.717) is 13.1 Å². The first kappa shape index (κ1) is 18.2. The van der Waals surface area contributed by atoms with Gasteiger partial charge in [0.05, 0.1) is 12.5 Å². The monoisotopic (exact) mass is 383 g/mol. The first-order chi connectivity index (χ1) is 13.2. The number of nitrogens with zero attached hydrogens (tertiary/aromatic N) is 2. The van der Waals surface area contributed by atoms with Gasteiger partial charge in [0.1, 0.15) is 0 Å². The fourth-order valence-corrected chi connectivity index (χ4v) is 4.81. The van der Waals surface area contributed by atoms with Gasteiger partial charge in [-0.25, -0.2) is 0 Å². The number of piperazine rings is 1. The Morgan fingerprint density at radius 1 is 1.19 bits per heavy atom. The highest BCUT2D eigenvalue weighted by atomic mass is 32.1. The second-order valence-corrected chi connectivity index (χ2v) is 8.22. The Hall–Kier alpha value is -2.18. The van der Waals surface area contributed by atoms with Crippen LogP contribution < -0.4 is 5.32 Å². The number of thiophene rings is 1. The minimum atomic E-state index is -0.362. The van der Waals surface area contributed by atoms with Crippen molar-refractivity contribution in [2.45, 2.75) is 31.8 Å². The minimum Gasteiger partial charge on any atom is -0.353 e. The van der Waals surface area contributed by atoms with Crippen molar-refractivity contribution in [1.29, 1.82) is 0 Å². The molecule has 0 radical (unpaired) electrons. The van der Waals surface area contributed by atoms with Gasteiger partial charge in [0.15, 0.2) is 0 Å². The van der Waals surface area contributed by atoms with Gasteiger partial charge in [-0.1, -0.05) is 30.3 Å². The summed E-state index contributed by atoms with van der Waals surface area (Å²) in [7, 11) is 0. The summed E-state index contributed by atoms with van der Waals surface area (Å²) in [5.74, 6) is 0.0644. The zero-order valence-electron chi connectivity index (χ0n) is 15.4. The van der Waals surface area contributed by atoms with Crippen molar-refractivity contribution < 1.29 is 9.59 Å². The maximum atomic E-state index is 12.9. The average Bonchev–Trinajstić information content (AvgIpc) is 3.17. The lowest BCUT2D eigenvalue weighted by Gasteiger charge is -2.36. The van der Waals surface area contributed by atoms with Gasteiger partial charge in [-0.05, 0) is 35.4 Å². The molecule has 1 atom stereocenters. The number of hydrogen-bond donors (Lipinski definition) is 1. The molecule has 27 heavy (non-hydrogen) atoms. The molecule has 2 aliphatic rings. The lowest BCUT2D eigenvalue weighted by atomic mass is 10.0. The quantitative estimate of drug-likeness (QED) is 0.860. The molecule has 6 heteroatoms. The van der Waals surface area contributed by atoms with Crippen LogP contribution in [0.15, 0.2) is 41.8 Å². The Morgan fingerprint density at radius 2 is 2.04 bits per heavy atom. The Labute approximate surface area is 164 Å². The van der Waals surface area contributed by atoms with Crippen LogP contribution in [0.4, 0.5) is 0 Å². The number of rotatable bonds is 5. The molecular formula is C21H25N3O2S. The number of carbonyl (C=O) groups is 2. The van der Waals surface area contributed by atoms with Gasteiger partial charge >= 0.3 is 0 Å². The van der Waals surface area contributed by atoms with Gasteiger partial charge in [-0.3, -0.25) is 14.5 Å². The number of amides is 2. The van der Waals surface area contributed by atoms with E-state index in [4.69, 9.17) is 0 Å². The first-order valence-electron chi connectivity index (χ1n) is 9.59. The Bertz CT molecular complexity index is 805.